The number of hydrogen-bond acceptors (Lipinski definition) is 3. The molecule has 0 bridgehead atoms. The van der Waals surface area contributed by atoms with Gasteiger partial charge in [0.25, 0.3) is 0 Å². The smallest absolute Gasteiger partial charge is 0.311 e. The monoisotopic (exact) mass is 360 g/mol. The molecule has 3 nitrogen and oxygen atoms in total. The van der Waals surface area contributed by atoms with Crippen LogP contribution in [0.25, 0.3) is 0 Å². The van der Waals surface area contributed by atoms with Crippen molar-refractivity contribution in [2.24, 2.45) is 0 Å². The number of rotatable bonds is 2. The molecule has 1 aromatic carbocycles. The van der Waals surface area contributed by atoms with E-state index in [0.29, 0.717) is 0 Å². The van der Waals surface area contributed by atoms with Crippen LogP contribution in [0.4, 0.5) is 0 Å². The Kier molecular flexibility index (Phi) is 4.83. The molecule has 16 heavy (non-hydrogen) atoms. The summed E-state index contributed by atoms with van der Waals surface area (Å²) in [5.41, 5.74) is 0. The summed E-state index contributed by atoms with van der Waals surface area (Å²) in [6.45, 7) is 0. The molecule has 1 aromatic rings. The second-order valence-corrected chi connectivity index (χ2v) is 6.59. The zero-order chi connectivity index (χ0) is 12.7. The maximum atomic E-state index is 10.9. The van der Waals surface area contributed by atoms with Crippen molar-refractivity contribution in [3.05, 3.63) is 25.1 Å². The zero-order valence-corrected chi connectivity index (χ0v) is 12.4. The van der Waals surface area contributed by atoms with Crippen LogP contribution in [0.5, 0.6) is 5.75 Å². The topological polar surface area (TPSA) is 46.5 Å². The van der Waals surface area contributed by atoms with E-state index in [1.54, 1.807) is 0 Å². The molecule has 0 spiro atoms. The van der Waals surface area contributed by atoms with Crippen LogP contribution in [0, 0.1) is 0 Å². The highest BCUT2D eigenvalue weighted by Gasteiger charge is 2.22. The van der Waals surface area contributed by atoms with Gasteiger partial charge in [0.05, 0.1) is 26.3 Å². The average Bonchev–Trinajstić information content (AvgIpc) is 2.17. The summed E-state index contributed by atoms with van der Waals surface area (Å²) in [5, 5.41) is -0.863. The Morgan fingerprint density at radius 1 is 0.938 bits per heavy atom. The van der Waals surface area contributed by atoms with Gasteiger partial charge in [-0.05, 0) is 0 Å². The summed E-state index contributed by atoms with van der Waals surface area (Å²) in [6, 6.07) is 0. The molecule has 0 aliphatic heterocycles. The number of hydrogen-bond donors (Lipinski definition) is 1. The molecule has 1 unspecified atom stereocenters. The van der Waals surface area contributed by atoms with Crippen molar-refractivity contribution in [3.63, 3.8) is 0 Å². The van der Waals surface area contributed by atoms with Gasteiger partial charge in [-0.3, -0.25) is 4.55 Å². The number of benzene rings is 1. The van der Waals surface area contributed by atoms with Gasteiger partial charge >= 0.3 is 9.05 Å². The molecule has 1 N–H and O–H groups in total. The normalized spacial score (nSPS) is 14.6. The molecule has 90 valence electrons. The van der Waals surface area contributed by atoms with E-state index in [0.717, 1.165) is 0 Å². The SMILES string of the molecule is O=S(O)(=S)Oc1c(Cl)c(Cl)c(Cl)c(Cl)c1Cl. The van der Waals surface area contributed by atoms with E-state index in [1.165, 1.54) is 0 Å². The fraction of sp³-hybridized carbons (Fsp3) is 0. The van der Waals surface area contributed by atoms with Gasteiger partial charge in [0.15, 0.2) is 5.75 Å². The predicted molar refractivity (Wildman–Crippen MR) is 70.3 cm³/mol. The van der Waals surface area contributed by atoms with Crippen LogP contribution in [0.3, 0.4) is 0 Å². The molecule has 0 heterocycles. The Labute approximate surface area is 121 Å². The molecule has 0 aromatic heterocycles. The van der Waals surface area contributed by atoms with Crippen molar-refractivity contribution in [1.29, 1.82) is 0 Å². The molecule has 0 fully saturated rings. The molecule has 10 heteroatoms. The molecule has 0 aliphatic carbocycles. The Balaban J connectivity index is 3.52. The minimum Gasteiger partial charge on any atom is -0.378 e. The maximum Gasteiger partial charge on any atom is 0.311 e. The van der Waals surface area contributed by atoms with E-state index < -0.39 is 9.05 Å². The van der Waals surface area contributed by atoms with Crippen LogP contribution in [-0.4, -0.2) is 8.76 Å². The van der Waals surface area contributed by atoms with E-state index in [4.69, 9.17) is 62.6 Å². The van der Waals surface area contributed by atoms with Gasteiger partial charge in [0, 0.05) is 0 Å². The first-order chi connectivity index (χ1) is 7.15. The van der Waals surface area contributed by atoms with Crippen molar-refractivity contribution in [1.82, 2.24) is 0 Å². The lowest BCUT2D eigenvalue weighted by molar-refractivity contribution is 0.455. The Morgan fingerprint density at radius 3 is 1.56 bits per heavy atom. The van der Waals surface area contributed by atoms with Crippen molar-refractivity contribution < 1.29 is 12.9 Å². The first kappa shape index (κ1) is 14.9. The minimum absolute atomic E-state index is 0.0838. The van der Waals surface area contributed by atoms with Crippen molar-refractivity contribution in [2.75, 3.05) is 0 Å². The van der Waals surface area contributed by atoms with Crippen LogP contribution >= 0.6 is 58.0 Å². The summed E-state index contributed by atoms with van der Waals surface area (Å²) in [6.07, 6.45) is 0. The molecule has 0 saturated carbocycles. The lowest BCUT2D eigenvalue weighted by Crippen LogP contribution is -2.06. The van der Waals surface area contributed by atoms with Gasteiger partial charge in [-0.15, -0.1) is 0 Å². The lowest BCUT2D eigenvalue weighted by atomic mass is 10.3. The van der Waals surface area contributed by atoms with Crippen LogP contribution in [0.2, 0.25) is 25.1 Å². The highest BCUT2D eigenvalue weighted by Crippen LogP contribution is 2.48. The van der Waals surface area contributed by atoms with Crippen LogP contribution in [0.15, 0.2) is 0 Å². The van der Waals surface area contributed by atoms with Gasteiger partial charge in [-0.25, -0.2) is 0 Å². The van der Waals surface area contributed by atoms with Gasteiger partial charge in [0.1, 0.15) is 10.0 Å². The minimum atomic E-state index is -3.96. The molecule has 1 rings (SSSR count). The summed E-state index contributed by atoms with van der Waals surface area (Å²) in [5.74, 6) is -0.384. The Hall–Kier alpha value is 0.800. The van der Waals surface area contributed by atoms with E-state index in [-0.39, 0.29) is 30.9 Å². The fourth-order valence-electron chi connectivity index (χ4n) is 0.763. The largest absolute Gasteiger partial charge is 0.378 e. The standard InChI is InChI=1S/C6HCl5O3S2/c7-1-2(8)4(10)6(5(11)3(1)9)14-16(12,13)15/h(H,12,13,15). The summed E-state index contributed by atoms with van der Waals surface area (Å²) in [7, 11) is -3.96. The molecule has 0 amide bonds. The summed E-state index contributed by atoms with van der Waals surface area (Å²) < 4.78 is 24.2. The second-order valence-electron chi connectivity index (χ2n) is 2.41. The van der Waals surface area contributed by atoms with Crippen molar-refractivity contribution >= 4 is 78.2 Å². The molecule has 0 saturated heterocycles. The van der Waals surface area contributed by atoms with Gasteiger partial charge in [-0.2, -0.15) is 4.21 Å². The third-order valence-corrected chi connectivity index (χ3v) is 4.18. The van der Waals surface area contributed by atoms with Gasteiger partial charge < -0.3 is 4.18 Å². The van der Waals surface area contributed by atoms with Crippen LogP contribution in [0.1, 0.15) is 0 Å². The zero-order valence-electron chi connectivity index (χ0n) is 6.97. The highest BCUT2D eigenvalue weighted by molar-refractivity contribution is 8.27. The first-order valence-electron chi connectivity index (χ1n) is 3.33. The highest BCUT2D eigenvalue weighted by atomic mass is 35.5. The third-order valence-electron chi connectivity index (χ3n) is 1.36. The van der Waals surface area contributed by atoms with E-state index in [9.17, 15) is 4.21 Å². The van der Waals surface area contributed by atoms with Gasteiger partial charge in [0.2, 0.25) is 0 Å². The van der Waals surface area contributed by atoms with E-state index in [1.807, 2.05) is 0 Å². The molecular weight excluding hydrogens is 361 g/mol. The Bertz CT molecular complexity index is 513. The van der Waals surface area contributed by atoms with Crippen LogP contribution in [-0.2, 0) is 20.2 Å². The summed E-state index contributed by atoms with van der Waals surface area (Å²) >= 11 is 32.6. The molecule has 0 aliphatic rings. The maximum absolute atomic E-state index is 10.9. The third kappa shape index (κ3) is 3.17. The summed E-state index contributed by atoms with van der Waals surface area (Å²) in [4.78, 5) is 0. The van der Waals surface area contributed by atoms with E-state index in [2.05, 4.69) is 15.4 Å². The fourth-order valence-corrected chi connectivity index (χ4v) is 2.63. The van der Waals surface area contributed by atoms with Gasteiger partial charge in [-0.1, -0.05) is 58.0 Å². The quantitative estimate of drug-likeness (QED) is 0.623. The van der Waals surface area contributed by atoms with Crippen molar-refractivity contribution in [2.45, 2.75) is 0 Å². The Morgan fingerprint density at radius 2 is 1.25 bits per heavy atom. The van der Waals surface area contributed by atoms with Crippen LogP contribution < -0.4 is 4.18 Å². The molecular formula is C6HCl5O3S2. The van der Waals surface area contributed by atoms with E-state index >= 15 is 0 Å². The number of halogens is 5. The second kappa shape index (κ2) is 5.20. The molecule has 0 radical (unpaired) electrons. The predicted octanol–water partition coefficient (Wildman–Crippen LogP) is 4.47. The first-order valence-corrected chi connectivity index (χ1v) is 7.59. The average molecular weight is 362 g/mol. The lowest BCUT2D eigenvalue weighted by Gasteiger charge is -2.11. The van der Waals surface area contributed by atoms with Crippen molar-refractivity contribution in [3.8, 4) is 5.75 Å². The molecule has 1 atom stereocenters.